The van der Waals surface area contributed by atoms with Crippen molar-refractivity contribution in [3.05, 3.63) is 10.6 Å². The van der Waals surface area contributed by atoms with Crippen LogP contribution in [-0.2, 0) is 10.2 Å². The van der Waals surface area contributed by atoms with Gasteiger partial charge in [0.25, 0.3) is 0 Å². The van der Waals surface area contributed by atoms with Gasteiger partial charge in [0.1, 0.15) is 6.29 Å². The van der Waals surface area contributed by atoms with Crippen molar-refractivity contribution in [3.63, 3.8) is 0 Å². The molecule has 76 valence electrons. The van der Waals surface area contributed by atoms with Gasteiger partial charge in [-0.15, -0.1) is 11.3 Å². The maximum absolute atomic E-state index is 11.0. The number of nitrogens with zero attached hydrogens (tertiary/aromatic N) is 2. The summed E-state index contributed by atoms with van der Waals surface area (Å²) in [6, 6.07) is 0. The van der Waals surface area contributed by atoms with E-state index in [0.717, 1.165) is 34.8 Å². The van der Waals surface area contributed by atoms with E-state index in [4.69, 9.17) is 0 Å². The lowest BCUT2D eigenvalue weighted by Crippen LogP contribution is -2.07. The molecule has 1 aromatic rings. The molecule has 1 heterocycles. The Morgan fingerprint density at radius 3 is 2.50 bits per heavy atom. The third-order valence-electron chi connectivity index (χ3n) is 2.63. The molecular weight excluding hydrogens is 196 g/mol. The van der Waals surface area contributed by atoms with Crippen molar-refractivity contribution in [1.82, 2.24) is 4.98 Å². The molecule has 1 fully saturated rings. The van der Waals surface area contributed by atoms with Gasteiger partial charge in [-0.25, -0.2) is 4.98 Å². The highest BCUT2D eigenvalue weighted by Gasteiger charge is 2.47. The Bertz CT molecular complexity index is 366. The molecule has 0 saturated heterocycles. The predicted octanol–water partition coefficient (Wildman–Crippen LogP) is 1.75. The van der Waals surface area contributed by atoms with E-state index < -0.39 is 0 Å². The first-order valence-corrected chi connectivity index (χ1v) is 5.52. The van der Waals surface area contributed by atoms with Gasteiger partial charge in [-0.05, 0) is 19.8 Å². The molecule has 1 aliphatic rings. The summed E-state index contributed by atoms with van der Waals surface area (Å²) in [5.41, 5.74) is 0.846. The fraction of sp³-hybridized carbons (Fsp3) is 0.600. The van der Waals surface area contributed by atoms with Gasteiger partial charge in [-0.1, -0.05) is 0 Å². The molecule has 1 saturated carbocycles. The highest BCUT2D eigenvalue weighted by atomic mass is 32.1. The lowest BCUT2D eigenvalue weighted by molar-refractivity contribution is -0.109. The Labute approximate surface area is 87.8 Å². The Morgan fingerprint density at radius 2 is 2.14 bits per heavy atom. The molecular formula is C10H14N2OS. The maximum atomic E-state index is 11.0. The third kappa shape index (κ3) is 1.34. The molecule has 2 rings (SSSR count). The first-order valence-electron chi connectivity index (χ1n) is 4.70. The monoisotopic (exact) mass is 210 g/mol. The van der Waals surface area contributed by atoms with E-state index in [1.807, 2.05) is 25.9 Å². The van der Waals surface area contributed by atoms with E-state index in [2.05, 4.69) is 4.98 Å². The maximum Gasteiger partial charge on any atom is 0.185 e. The number of thiazole rings is 1. The second-order valence-corrected chi connectivity index (χ2v) is 5.06. The highest BCUT2D eigenvalue weighted by Crippen LogP contribution is 2.50. The number of anilines is 1. The van der Waals surface area contributed by atoms with E-state index in [0.29, 0.717) is 0 Å². The summed E-state index contributed by atoms with van der Waals surface area (Å²) in [6.07, 6.45) is 3.08. The van der Waals surface area contributed by atoms with Crippen molar-refractivity contribution >= 4 is 22.8 Å². The van der Waals surface area contributed by atoms with Crippen molar-refractivity contribution in [2.45, 2.75) is 25.2 Å². The zero-order chi connectivity index (χ0) is 10.3. The molecule has 0 spiro atoms. The number of carbonyl (C=O) groups excluding carboxylic acids is 1. The number of hydrogen-bond acceptors (Lipinski definition) is 4. The van der Waals surface area contributed by atoms with Crippen LogP contribution in [0, 0.1) is 6.92 Å². The Morgan fingerprint density at radius 1 is 1.50 bits per heavy atom. The number of aromatic nitrogens is 1. The van der Waals surface area contributed by atoms with Crippen LogP contribution in [0.4, 0.5) is 5.13 Å². The van der Waals surface area contributed by atoms with Crippen molar-refractivity contribution in [3.8, 4) is 0 Å². The Kier molecular flexibility index (Phi) is 2.10. The fourth-order valence-corrected chi connectivity index (χ4v) is 2.77. The van der Waals surface area contributed by atoms with Gasteiger partial charge in [-0.2, -0.15) is 0 Å². The van der Waals surface area contributed by atoms with E-state index in [-0.39, 0.29) is 5.41 Å². The highest BCUT2D eigenvalue weighted by molar-refractivity contribution is 7.16. The molecule has 14 heavy (non-hydrogen) atoms. The Hall–Kier alpha value is -0.900. The molecule has 0 aliphatic heterocycles. The average Bonchev–Trinajstić information content (AvgIpc) is 2.84. The van der Waals surface area contributed by atoms with Gasteiger partial charge in [0, 0.05) is 19.0 Å². The molecule has 1 aliphatic carbocycles. The van der Waals surface area contributed by atoms with E-state index >= 15 is 0 Å². The van der Waals surface area contributed by atoms with Gasteiger partial charge in [0.2, 0.25) is 0 Å². The van der Waals surface area contributed by atoms with Crippen molar-refractivity contribution < 1.29 is 4.79 Å². The number of carbonyl (C=O) groups is 1. The lowest BCUT2D eigenvalue weighted by Gasteiger charge is -2.06. The quantitative estimate of drug-likeness (QED) is 0.713. The van der Waals surface area contributed by atoms with E-state index in [9.17, 15) is 4.79 Å². The van der Waals surface area contributed by atoms with Crippen LogP contribution in [-0.4, -0.2) is 25.4 Å². The van der Waals surface area contributed by atoms with Crippen molar-refractivity contribution in [2.75, 3.05) is 19.0 Å². The molecule has 4 heteroatoms. The van der Waals surface area contributed by atoms with E-state index in [1.165, 1.54) is 0 Å². The van der Waals surface area contributed by atoms with Crippen LogP contribution in [0.1, 0.15) is 23.4 Å². The zero-order valence-corrected chi connectivity index (χ0v) is 9.52. The van der Waals surface area contributed by atoms with Crippen LogP contribution in [0.25, 0.3) is 0 Å². The van der Waals surface area contributed by atoms with Crippen molar-refractivity contribution in [2.24, 2.45) is 0 Å². The van der Waals surface area contributed by atoms with Crippen LogP contribution in [0.2, 0.25) is 0 Å². The van der Waals surface area contributed by atoms with Gasteiger partial charge in [-0.3, -0.25) is 0 Å². The minimum atomic E-state index is -0.171. The summed E-state index contributed by atoms with van der Waals surface area (Å²) >= 11 is 1.65. The average molecular weight is 210 g/mol. The van der Waals surface area contributed by atoms with Gasteiger partial charge in [0.15, 0.2) is 5.13 Å². The van der Waals surface area contributed by atoms with E-state index in [1.54, 1.807) is 11.3 Å². The molecule has 0 radical (unpaired) electrons. The first kappa shape index (κ1) is 9.65. The number of hydrogen-bond donors (Lipinski definition) is 0. The molecule has 0 bridgehead atoms. The second kappa shape index (κ2) is 3.05. The molecule has 0 amide bonds. The van der Waals surface area contributed by atoms with Crippen LogP contribution < -0.4 is 4.90 Å². The standard InChI is InChI=1S/C10H14N2OS/c1-7-8(10(6-13)4-5-10)14-9(11-7)12(2)3/h6H,4-5H2,1-3H3. The fourth-order valence-electron chi connectivity index (χ4n) is 1.57. The lowest BCUT2D eigenvalue weighted by atomic mass is 10.1. The predicted molar refractivity (Wildman–Crippen MR) is 58.2 cm³/mol. The summed E-state index contributed by atoms with van der Waals surface area (Å²) in [4.78, 5) is 18.6. The summed E-state index contributed by atoms with van der Waals surface area (Å²) < 4.78 is 0. The van der Waals surface area contributed by atoms with Gasteiger partial charge in [0.05, 0.1) is 11.1 Å². The summed E-state index contributed by atoms with van der Waals surface area (Å²) in [6.45, 7) is 1.99. The largest absolute Gasteiger partial charge is 0.354 e. The van der Waals surface area contributed by atoms with Crippen LogP contribution >= 0.6 is 11.3 Å². The second-order valence-electron chi connectivity index (χ2n) is 4.08. The summed E-state index contributed by atoms with van der Waals surface area (Å²) in [7, 11) is 3.95. The summed E-state index contributed by atoms with van der Waals surface area (Å²) in [5.74, 6) is 0. The minimum absolute atomic E-state index is 0.171. The van der Waals surface area contributed by atoms with Crippen LogP contribution in [0.3, 0.4) is 0 Å². The zero-order valence-electron chi connectivity index (χ0n) is 8.70. The summed E-state index contributed by atoms with van der Waals surface area (Å²) in [5, 5.41) is 0.991. The molecule has 0 aromatic carbocycles. The SMILES string of the molecule is Cc1nc(N(C)C)sc1C1(C=O)CC1. The molecule has 3 nitrogen and oxygen atoms in total. The smallest absolute Gasteiger partial charge is 0.185 e. The topological polar surface area (TPSA) is 33.2 Å². The first-order chi connectivity index (χ1) is 6.59. The van der Waals surface area contributed by atoms with Gasteiger partial charge < -0.3 is 9.69 Å². The number of aldehydes is 1. The molecule has 0 unspecified atom stereocenters. The molecule has 0 atom stereocenters. The van der Waals surface area contributed by atoms with Crippen molar-refractivity contribution in [1.29, 1.82) is 0 Å². The molecule has 0 N–H and O–H groups in total. The number of rotatable bonds is 3. The number of aryl methyl sites for hydroxylation is 1. The van der Waals surface area contributed by atoms with Gasteiger partial charge >= 0.3 is 0 Å². The Balaban J connectivity index is 2.39. The third-order valence-corrected chi connectivity index (χ3v) is 4.18. The van der Waals surface area contributed by atoms with Crippen LogP contribution in [0.15, 0.2) is 0 Å². The minimum Gasteiger partial charge on any atom is -0.354 e. The van der Waals surface area contributed by atoms with Crippen LogP contribution in [0.5, 0.6) is 0 Å². The molecule has 1 aromatic heterocycles. The normalized spacial score (nSPS) is 17.9.